The van der Waals surface area contributed by atoms with Crippen LogP contribution in [0.2, 0.25) is 0 Å². The molecule has 2 heteroatoms. The summed E-state index contributed by atoms with van der Waals surface area (Å²) in [6.45, 7) is 0. The van der Waals surface area contributed by atoms with Crippen LogP contribution in [-0.2, 0) is 0 Å². The average molecular weight is 637 g/mol. The Morgan fingerprint density at radius 3 is 1.34 bits per heavy atom. The van der Waals surface area contributed by atoms with E-state index in [4.69, 9.17) is 0 Å². The van der Waals surface area contributed by atoms with E-state index >= 15 is 0 Å². The van der Waals surface area contributed by atoms with Crippen molar-refractivity contribution in [3.05, 3.63) is 194 Å². The third kappa shape index (κ3) is 4.50. The van der Waals surface area contributed by atoms with Gasteiger partial charge in [0.25, 0.3) is 0 Å². The third-order valence-electron chi connectivity index (χ3n) is 10.1. The minimum atomic E-state index is 1.17. The molecule has 0 fully saturated rings. The Morgan fingerprint density at radius 2 is 0.700 bits per heavy atom. The molecule has 2 heterocycles. The summed E-state index contributed by atoms with van der Waals surface area (Å²) in [5.41, 5.74) is 14.4. The Labute approximate surface area is 290 Å². The van der Waals surface area contributed by atoms with Crippen molar-refractivity contribution >= 4 is 43.6 Å². The van der Waals surface area contributed by atoms with Gasteiger partial charge < -0.3 is 9.13 Å². The van der Waals surface area contributed by atoms with Crippen molar-refractivity contribution in [1.82, 2.24) is 9.13 Å². The molecule has 10 rings (SSSR count). The lowest BCUT2D eigenvalue weighted by atomic mass is 9.99. The van der Waals surface area contributed by atoms with Crippen molar-refractivity contribution in [3.63, 3.8) is 0 Å². The molecule has 0 atom stereocenters. The van der Waals surface area contributed by atoms with Gasteiger partial charge in [0.1, 0.15) is 0 Å². The molecule has 0 radical (unpaired) electrons. The highest BCUT2D eigenvalue weighted by molar-refractivity contribution is 6.13. The van der Waals surface area contributed by atoms with Gasteiger partial charge in [0.15, 0.2) is 0 Å². The van der Waals surface area contributed by atoms with Crippen LogP contribution in [0.1, 0.15) is 0 Å². The van der Waals surface area contributed by atoms with Crippen molar-refractivity contribution < 1.29 is 0 Å². The first kappa shape index (κ1) is 28.4. The van der Waals surface area contributed by atoms with Gasteiger partial charge in [-0.25, -0.2) is 0 Å². The highest BCUT2D eigenvalue weighted by atomic mass is 15.0. The SMILES string of the molecule is c1ccc(-c2ccc3c(c2)c2cc(-c4ccc5c(c4)c4ccccc4n5-c4ccccc4)ccc2n3-c2ccccc2-c2ccccc2)cc1. The van der Waals surface area contributed by atoms with Crippen LogP contribution in [0, 0.1) is 0 Å². The normalized spacial score (nSPS) is 11.6. The second-order valence-corrected chi connectivity index (χ2v) is 13.0. The molecule has 2 aromatic heterocycles. The molecule has 0 amide bonds. The molecule has 234 valence electrons. The predicted octanol–water partition coefficient (Wildman–Crippen LogP) is 12.9. The van der Waals surface area contributed by atoms with Crippen molar-refractivity contribution in [1.29, 1.82) is 0 Å². The molecule has 0 N–H and O–H groups in total. The Balaban J connectivity index is 1.21. The number of para-hydroxylation sites is 3. The second kappa shape index (κ2) is 11.5. The van der Waals surface area contributed by atoms with E-state index in [0.29, 0.717) is 0 Å². The minimum Gasteiger partial charge on any atom is -0.309 e. The lowest BCUT2D eigenvalue weighted by Crippen LogP contribution is -1.97. The summed E-state index contributed by atoms with van der Waals surface area (Å²) in [7, 11) is 0. The smallest absolute Gasteiger partial charge is 0.0541 e. The fourth-order valence-corrected chi connectivity index (χ4v) is 7.81. The first-order chi connectivity index (χ1) is 24.8. The monoisotopic (exact) mass is 636 g/mol. The largest absolute Gasteiger partial charge is 0.309 e. The van der Waals surface area contributed by atoms with Crippen LogP contribution >= 0.6 is 0 Å². The first-order valence-corrected chi connectivity index (χ1v) is 17.2. The molecule has 0 spiro atoms. The summed E-state index contributed by atoms with van der Waals surface area (Å²) in [6, 6.07) is 70.4. The Morgan fingerprint density at radius 1 is 0.260 bits per heavy atom. The van der Waals surface area contributed by atoms with E-state index in [9.17, 15) is 0 Å². The van der Waals surface area contributed by atoms with Gasteiger partial charge in [-0.2, -0.15) is 0 Å². The zero-order valence-electron chi connectivity index (χ0n) is 27.4. The molecule has 2 nitrogen and oxygen atoms in total. The predicted molar refractivity (Wildman–Crippen MR) is 211 cm³/mol. The average Bonchev–Trinajstić information content (AvgIpc) is 3.70. The summed E-state index contributed by atoms with van der Waals surface area (Å²) in [5.74, 6) is 0. The maximum absolute atomic E-state index is 2.45. The van der Waals surface area contributed by atoms with Gasteiger partial charge in [-0.3, -0.25) is 0 Å². The first-order valence-electron chi connectivity index (χ1n) is 17.2. The number of hydrogen-bond acceptors (Lipinski definition) is 0. The maximum Gasteiger partial charge on any atom is 0.0541 e. The zero-order valence-corrected chi connectivity index (χ0v) is 27.4. The Kier molecular flexibility index (Phi) is 6.53. The lowest BCUT2D eigenvalue weighted by molar-refractivity contribution is 1.18. The van der Waals surface area contributed by atoms with E-state index in [0.717, 1.165) is 0 Å². The Hall–Kier alpha value is -6.64. The summed E-state index contributed by atoms with van der Waals surface area (Å²) >= 11 is 0. The van der Waals surface area contributed by atoms with Crippen molar-refractivity contribution in [2.75, 3.05) is 0 Å². The number of nitrogens with zero attached hydrogens (tertiary/aromatic N) is 2. The molecule has 8 aromatic carbocycles. The van der Waals surface area contributed by atoms with E-state index in [-0.39, 0.29) is 0 Å². The summed E-state index contributed by atoms with van der Waals surface area (Å²) in [4.78, 5) is 0. The summed E-state index contributed by atoms with van der Waals surface area (Å²) in [5, 5.41) is 5.00. The lowest BCUT2D eigenvalue weighted by Gasteiger charge is -2.14. The van der Waals surface area contributed by atoms with Crippen LogP contribution in [-0.4, -0.2) is 9.13 Å². The number of fused-ring (bicyclic) bond motifs is 6. The van der Waals surface area contributed by atoms with Gasteiger partial charge in [0.2, 0.25) is 0 Å². The Bertz CT molecular complexity index is 2840. The molecule has 0 unspecified atom stereocenters. The molecule has 0 bridgehead atoms. The van der Waals surface area contributed by atoms with Gasteiger partial charge in [0, 0.05) is 32.8 Å². The van der Waals surface area contributed by atoms with Crippen LogP contribution in [0.15, 0.2) is 194 Å². The van der Waals surface area contributed by atoms with Gasteiger partial charge >= 0.3 is 0 Å². The molecule has 10 aromatic rings. The van der Waals surface area contributed by atoms with E-state index in [1.54, 1.807) is 0 Å². The molecule has 0 aliphatic heterocycles. The van der Waals surface area contributed by atoms with Crippen LogP contribution in [0.3, 0.4) is 0 Å². The topological polar surface area (TPSA) is 9.86 Å². The third-order valence-corrected chi connectivity index (χ3v) is 10.1. The molecule has 50 heavy (non-hydrogen) atoms. The van der Waals surface area contributed by atoms with Crippen LogP contribution in [0.25, 0.3) is 88.4 Å². The van der Waals surface area contributed by atoms with E-state index in [1.165, 1.54) is 88.4 Å². The number of rotatable bonds is 5. The van der Waals surface area contributed by atoms with Crippen LogP contribution < -0.4 is 0 Å². The number of hydrogen-bond donors (Lipinski definition) is 0. The number of benzene rings is 8. The molecule has 0 saturated carbocycles. The molecular formula is C48H32N2. The summed E-state index contributed by atoms with van der Waals surface area (Å²) < 4.78 is 4.82. The quantitative estimate of drug-likeness (QED) is 0.178. The maximum atomic E-state index is 2.45. The van der Waals surface area contributed by atoms with Gasteiger partial charge in [-0.05, 0) is 88.5 Å². The van der Waals surface area contributed by atoms with Gasteiger partial charge in [-0.1, -0.05) is 133 Å². The van der Waals surface area contributed by atoms with Crippen LogP contribution in [0.4, 0.5) is 0 Å². The fraction of sp³-hybridized carbons (Fsp3) is 0. The van der Waals surface area contributed by atoms with Gasteiger partial charge in [0.05, 0.1) is 27.8 Å². The van der Waals surface area contributed by atoms with Crippen molar-refractivity contribution in [2.24, 2.45) is 0 Å². The molecule has 0 saturated heterocycles. The molecule has 0 aliphatic rings. The zero-order chi connectivity index (χ0) is 33.0. The van der Waals surface area contributed by atoms with E-state index in [2.05, 4.69) is 203 Å². The van der Waals surface area contributed by atoms with Crippen LogP contribution in [0.5, 0.6) is 0 Å². The summed E-state index contributed by atoms with van der Waals surface area (Å²) in [6.07, 6.45) is 0. The standard InChI is InChI=1S/C48H32N2/c1-4-14-33(15-5-1)35-24-28-47-42(30-35)43-32-37(26-29-48(43)50(47)44-22-12-10-20-39(44)34-16-6-2-7-17-34)36-25-27-46-41(31-36)40-21-11-13-23-45(40)49(46)38-18-8-3-9-19-38/h1-32H. The second-order valence-electron chi connectivity index (χ2n) is 13.0. The van der Waals surface area contributed by atoms with E-state index < -0.39 is 0 Å². The van der Waals surface area contributed by atoms with E-state index in [1.807, 2.05) is 0 Å². The van der Waals surface area contributed by atoms with Gasteiger partial charge in [-0.15, -0.1) is 0 Å². The molecular weight excluding hydrogens is 605 g/mol. The fourth-order valence-electron chi connectivity index (χ4n) is 7.81. The molecule has 0 aliphatic carbocycles. The minimum absolute atomic E-state index is 1.17. The van der Waals surface area contributed by atoms with Crippen molar-refractivity contribution in [2.45, 2.75) is 0 Å². The number of aromatic nitrogens is 2. The highest BCUT2D eigenvalue weighted by Gasteiger charge is 2.18. The highest BCUT2D eigenvalue weighted by Crippen LogP contribution is 2.41. The van der Waals surface area contributed by atoms with Crippen molar-refractivity contribution in [3.8, 4) is 44.8 Å².